The molecule has 200 valence electrons. The fraction of sp³-hybridized carbons (Fsp3) is 0.333. The topological polar surface area (TPSA) is 124 Å². The van der Waals surface area contributed by atoms with Gasteiger partial charge in [0, 0.05) is 18.7 Å². The number of fused-ring (bicyclic) bond motifs is 4. The number of hydrogen-bond donors (Lipinski definition) is 3. The van der Waals surface area contributed by atoms with Crippen molar-refractivity contribution in [1.29, 1.82) is 0 Å². The van der Waals surface area contributed by atoms with E-state index in [-0.39, 0.29) is 46.4 Å². The van der Waals surface area contributed by atoms with E-state index in [1.807, 2.05) is 4.90 Å². The maximum atomic E-state index is 13.4. The number of aliphatic hydroxyl groups is 2. The van der Waals surface area contributed by atoms with E-state index in [2.05, 4.69) is 20.3 Å². The van der Waals surface area contributed by atoms with Crippen LogP contribution in [0.1, 0.15) is 12.0 Å². The molecule has 2 bridgehead atoms. The van der Waals surface area contributed by atoms with Gasteiger partial charge >= 0.3 is 12.2 Å². The van der Waals surface area contributed by atoms with E-state index < -0.39 is 30.5 Å². The van der Waals surface area contributed by atoms with Crippen LogP contribution >= 0.6 is 11.6 Å². The third-order valence-corrected chi connectivity index (χ3v) is 6.50. The first kappa shape index (κ1) is 25.9. The van der Waals surface area contributed by atoms with E-state index in [1.54, 1.807) is 6.07 Å². The summed E-state index contributed by atoms with van der Waals surface area (Å²) in [5, 5.41) is 21.1. The van der Waals surface area contributed by atoms with Crippen molar-refractivity contribution in [3.63, 3.8) is 0 Å². The van der Waals surface area contributed by atoms with Crippen LogP contribution in [0.25, 0.3) is 11.3 Å². The monoisotopic (exact) mass is 550 g/mol. The van der Waals surface area contributed by atoms with Gasteiger partial charge in [0.05, 0.1) is 47.0 Å². The average molecular weight is 551 g/mol. The number of pyridine rings is 1. The van der Waals surface area contributed by atoms with Gasteiger partial charge in [-0.1, -0.05) is 23.7 Å². The molecule has 0 radical (unpaired) electrons. The largest absolute Gasteiger partial charge is 0.474 e. The molecule has 4 heterocycles. The summed E-state index contributed by atoms with van der Waals surface area (Å²) in [6.45, 7) is 0.565. The molecule has 10 nitrogen and oxygen atoms in total. The van der Waals surface area contributed by atoms with Crippen molar-refractivity contribution in [2.75, 3.05) is 41.4 Å². The van der Waals surface area contributed by atoms with Gasteiger partial charge in [-0.15, -0.1) is 0 Å². The summed E-state index contributed by atoms with van der Waals surface area (Å²) in [6, 6.07) is 5.56. The molecular formula is C24H22ClF3N6O4. The second kappa shape index (κ2) is 10.2. The van der Waals surface area contributed by atoms with Crippen LogP contribution in [0.15, 0.2) is 42.7 Å². The summed E-state index contributed by atoms with van der Waals surface area (Å²) in [5.41, 5.74) is 0.0737. The highest BCUT2D eigenvalue weighted by Gasteiger charge is 2.41. The zero-order valence-electron chi connectivity index (χ0n) is 19.7. The Hall–Kier alpha value is -3.68. The van der Waals surface area contributed by atoms with Crippen molar-refractivity contribution in [3.8, 4) is 17.1 Å². The third kappa shape index (κ3) is 5.17. The predicted octanol–water partition coefficient (Wildman–Crippen LogP) is 3.57. The van der Waals surface area contributed by atoms with Crippen molar-refractivity contribution >= 4 is 35.0 Å². The van der Waals surface area contributed by atoms with Crippen molar-refractivity contribution in [2.24, 2.45) is 0 Å². The minimum absolute atomic E-state index is 0.0901. The summed E-state index contributed by atoms with van der Waals surface area (Å²) < 4.78 is 45.1. The lowest BCUT2D eigenvalue weighted by molar-refractivity contribution is -0.137. The molecule has 2 aliphatic heterocycles. The van der Waals surface area contributed by atoms with Crippen LogP contribution in [0, 0.1) is 0 Å². The van der Waals surface area contributed by atoms with Crippen molar-refractivity contribution in [3.05, 3.63) is 53.3 Å². The molecule has 38 heavy (non-hydrogen) atoms. The van der Waals surface area contributed by atoms with Crippen LogP contribution in [0.4, 0.5) is 35.3 Å². The van der Waals surface area contributed by atoms with Gasteiger partial charge in [-0.3, -0.25) is 10.2 Å². The standard InChI is InChI=1S/C24H22ClF3N6O4/c25-17-7-18-22(32-21(17)13-2-1-3-14(6-13)24(26,27)28)34(15-4-5-33(18)10-15)23(37)31-19-8-30-20(9-29-19)38-12-16(36)11-35/h1-3,6-9,15-16,35-36H,4-5,10-12H2,(H,29,31,37)/t15-,16-/m0/s1. The van der Waals surface area contributed by atoms with E-state index in [9.17, 15) is 23.1 Å². The van der Waals surface area contributed by atoms with Gasteiger partial charge in [-0.25, -0.2) is 19.7 Å². The van der Waals surface area contributed by atoms with Crippen LogP contribution in [0.2, 0.25) is 5.02 Å². The molecule has 2 amide bonds. The molecule has 2 atom stereocenters. The SMILES string of the molecule is O=C(Nc1cnc(OC[C@@H](O)CO)cn1)N1c2nc(-c3cccc(C(F)(F)F)c3)c(Cl)cc2N2CC[C@H]1C2. The first-order valence-electron chi connectivity index (χ1n) is 11.6. The van der Waals surface area contributed by atoms with Crippen molar-refractivity contribution in [2.45, 2.75) is 24.7 Å². The third-order valence-electron chi connectivity index (χ3n) is 6.21. The molecule has 0 aliphatic carbocycles. The number of hydrogen-bond acceptors (Lipinski definition) is 8. The Labute approximate surface area is 219 Å². The van der Waals surface area contributed by atoms with E-state index in [4.69, 9.17) is 21.4 Å². The van der Waals surface area contributed by atoms with Crippen LogP contribution in [0.3, 0.4) is 0 Å². The molecule has 0 spiro atoms. The maximum Gasteiger partial charge on any atom is 0.416 e. The van der Waals surface area contributed by atoms with Gasteiger partial charge in [0.2, 0.25) is 5.88 Å². The second-order valence-corrected chi connectivity index (χ2v) is 9.22. The lowest BCUT2D eigenvalue weighted by atomic mass is 10.1. The van der Waals surface area contributed by atoms with Crippen LogP contribution in [-0.2, 0) is 6.18 Å². The molecule has 3 aromatic rings. The number of nitrogens with one attached hydrogen (secondary N) is 1. The molecule has 0 unspecified atom stereocenters. The van der Waals surface area contributed by atoms with Gasteiger partial charge in [0.1, 0.15) is 12.7 Å². The minimum atomic E-state index is -4.53. The highest BCUT2D eigenvalue weighted by molar-refractivity contribution is 6.33. The number of aliphatic hydroxyl groups excluding tert-OH is 2. The van der Waals surface area contributed by atoms with Gasteiger partial charge < -0.3 is 19.8 Å². The van der Waals surface area contributed by atoms with Crippen LogP contribution < -0.4 is 19.9 Å². The number of rotatable bonds is 6. The zero-order valence-corrected chi connectivity index (χ0v) is 20.4. The van der Waals surface area contributed by atoms with E-state index in [0.717, 1.165) is 12.1 Å². The Kier molecular flexibility index (Phi) is 6.99. The lowest BCUT2D eigenvalue weighted by Crippen LogP contribution is -2.48. The lowest BCUT2D eigenvalue weighted by Gasteiger charge is -2.36. The molecule has 1 saturated heterocycles. The van der Waals surface area contributed by atoms with Crippen molar-refractivity contribution in [1.82, 2.24) is 15.0 Å². The molecule has 1 aromatic carbocycles. The smallest absolute Gasteiger partial charge is 0.416 e. The summed E-state index contributed by atoms with van der Waals surface area (Å²) in [4.78, 5) is 29.6. The fourth-order valence-corrected chi connectivity index (χ4v) is 4.65. The average Bonchev–Trinajstić information content (AvgIpc) is 3.32. The Bertz CT molecular complexity index is 1340. The van der Waals surface area contributed by atoms with Gasteiger partial charge in [0.15, 0.2) is 11.6 Å². The molecule has 0 saturated carbocycles. The van der Waals surface area contributed by atoms with E-state index >= 15 is 0 Å². The Morgan fingerprint density at radius 3 is 2.79 bits per heavy atom. The number of ether oxygens (including phenoxy) is 1. The first-order valence-corrected chi connectivity index (χ1v) is 12.0. The molecule has 2 aliphatic rings. The predicted molar refractivity (Wildman–Crippen MR) is 132 cm³/mol. The Balaban J connectivity index is 1.43. The summed E-state index contributed by atoms with van der Waals surface area (Å²) in [7, 11) is 0. The Morgan fingerprint density at radius 2 is 2.08 bits per heavy atom. The quantitative estimate of drug-likeness (QED) is 0.425. The summed E-state index contributed by atoms with van der Waals surface area (Å²) >= 11 is 6.48. The summed E-state index contributed by atoms with van der Waals surface area (Å²) in [5.74, 6) is 0.491. The normalized spacial score (nSPS) is 17.3. The summed E-state index contributed by atoms with van der Waals surface area (Å²) in [6.07, 6.45) is -2.42. The van der Waals surface area contributed by atoms with Gasteiger partial charge in [-0.05, 0) is 24.6 Å². The number of amides is 2. The van der Waals surface area contributed by atoms with Crippen molar-refractivity contribution < 1.29 is 32.9 Å². The fourth-order valence-electron chi connectivity index (χ4n) is 4.39. The number of alkyl halides is 3. The number of carbonyl (C=O) groups excluding carboxylic acids is 1. The number of urea groups is 1. The number of nitrogens with zero attached hydrogens (tertiary/aromatic N) is 5. The molecule has 3 N–H and O–H groups in total. The number of anilines is 3. The first-order chi connectivity index (χ1) is 18.1. The molecule has 2 aromatic heterocycles. The van der Waals surface area contributed by atoms with E-state index in [0.29, 0.717) is 25.2 Å². The second-order valence-electron chi connectivity index (χ2n) is 8.82. The van der Waals surface area contributed by atoms with Gasteiger partial charge in [-0.2, -0.15) is 13.2 Å². The Morgan fingerprint density at radius 1 is 1.26 bits per heavy atom. The molecule has 5 rings (SSSR count). The highest BCUT2D eigenvalue weighted by atomic mass is 35.5. The van der Waals surface area contributed by atoms with Crippen LogP contribution in [-0.4, -0.2) is 69.6 Å². The van der Waals surface area contributed by atoms with Crippen LogP contribution in [0.5, 0.6) is 5.88 Å². The number of aromatic nitrogens is 3. The highest BCUT2D eigenvalue weighted by Crippen LogP contribution is 2.43. The maximum absolute atomic E-state index is 13.4. The number of halogens is 4. The number of benzene rings is 1. The zero-order chi connectivity index (χ0) is 27.0. The molecule has 1 fully saturated rings. The van der Waals surface area contributed by atoms with Gasteiger partial charge in [0.25, 0.3) is 0 Å². The van der Waals surface area contributed by atoms with E-state index in [1.165, 1.54) is 29.4 Å². The molecule has 14 heteroatoms. The molecular weight excluding hydrogens is 529 g/mol. The number of carbonyl (C=O) groups is 1. The minimum Gasteiger partial charge on any atom is -0.474 e.